The number of nitrogens with one attached hydrogen (secondary N) is 1. The van der Waals surface area contributed by atoms with Crippen LogP contribution in [-0.4, -0.2) is 9.91 Å². The molecule has 3 aromatic rings. The van der Waals surface area contributed by atoms with Crippen molar-refractivity contribution in [3.8, 4) is 0 Å². The Labute approximate surface area is 113 Å². The molecule has 0 saturated heterocycles. The Kier molecular flexibility index (Phi) is 2.86. The Morgan fingerprint density at radius 3 is 2.95 bits per heavy atom. The van der Waals surface area contributed by atoms with Gasteiger partial charge in [0.1, 0.15) is 11.3 Å². The summed E-state index contributed by atoms with van der Waals surface area (Å²) in [6.07, 6.45) is 1.59. The van der Waals surface area contributed by atoms with E-state index in [1.165, 1.54) is 18.2 Å². The number of hydrogen-bond acceptors (Lipinski definition) is 6. The third kappa shape index (κ3) is 2.20. The Morgan fingerprint density at radius 2 is 2.25 bits per heavy atom. The lowest BCUT2D eigenvalue weighted by Crippen LogP contribution is -2.05. The van der Waals surface area contributed by atoms with E-state index in [1.807, 2.05) is 13.0 Å². The van der Waals surface area contributed by atoms with Crippen LogP contribution < -0.4 is 5.32 Å². The summed E-state index contributed by atoms with van der Waals surface area (Å²) in [5.41, 5.74) is 0.912. The van der Waals surface area contributed by atoms with Crippen LogP contribution in [0.1, 0.15) is 18.7 Å². The summed E-state index contributed by atoms with van der Waals surface area (Å²) in [5, 5.41) is 13.7. The normalized spacial score (nSPS) is 12.4. The van der Waals surface area contributed by atoms with E-state index >= 15 is 0 Å². The molecule has 7 heteroatoms. The summed E-state index contributed by atoms with van der Waals surface area (Å²) in [7, 11) is 0. The molecule has 0 aliphatic heterocycles. The van der Waals surface area contributed by atoms with Gasteiger partial charge in [0.05, 0.1) is 17.2 Å². The van der Waals surface area contributed by atoms with E-state index in [2.05, 4.69) is 10.3 Å². The molecule has 0 saturated carbocycles. The first-order valence-electron chi connectivity index (χ1n) is 5.98. The third-order valence-electron chi connectivity index (χ3n) is 2.89. The highest BCUT2D eigenvalue weighted by Gasteiger charge is 2.14. The molecule has 2 aromatic heterocycles. The fourth-order valence-electron chi connectivity index (χ4n) is 1.89. The average Bonchev–Trinajstić information content (AvgIpc) is 3.06. The number of non-ortho nitro benzene ring substituents is 1. The monoisotopic (exact) mass is 273 g/mol. The predicted octanol–water partition coefficient (Wildman–Crippen LogP) is 3.50. The molecular weight excluding hydrogens is 262 g/mol. The van der Waals surface area contributed by atoms with Crippen LogP contribution in [0.4, 0.5) is 11.7 Å². The summed E-state index contributed by atoms with van der Waals surface area (Å²) in [6.45, 7) is 1.90. The van der Waals surface area contributed by atoms with E-state index in [9.17, 15) is 10.1 Å². The fourth-order valence-corrected chi connectivity index (χ4v) is 1.89. The summed E-state index contributed by atoms with van der Waals surface area (Å²) < 4.78 is 10.8. The first-order valence-corrected chi connectivity index (χ1v) is 5.98. The topological polar surface area (TPSA) is 94.3 Å². The average molecular weight is 273 g/mol. The molecule has 1 unspecified atom stereocenters. The van der Waals surface area contributed by atoms with E-state index in [4.69, 9.17) is 8.83 Å². The summed E-state index contributed by atoms with van der Waals surface area (Å²) in [5.74, 6) is 0.748. The van der Waals surface area contributed by atoms with Crippen molar-refractivity contribution in [2.45, 2.75) is 13.0 Å². The van der Waals surface area contributed by atoms with Gasteiger partial charge in [-0.15, -0.1) is 0 Å². The predicted molar refractivity (Wildman–Crippen MR) is 71.4 cm³/mol. The van der Waals surface area contributed by atoms with Crippen LogP contribution >= 0.6 is 0 Å². The number of hydrogen-bond donors (Lipinski definition) is 1. The van der Waals surface area contributed by atoms with E-state index < -0.39 is 4.92 Å². The van der Waals surface area contributed by atoms with Gasteiger partial charge < -0.3 is 14.2 Å². The largest absolute Gasteiger partial charge is 0.467 e. The highest BCUT2D eigenvalue weighted by atomic mass is 16.6. The van der Waals surface area contributed by atoms with Crippen LogP contribution in [0, 0.1) is 10.1 Å². The summed E-state index contributed by atoms with van der Waals surface area (Å²) in [4.78, 5) is 14.4. The Bertz CT molecular complexity index is 748. The molecule has 102 valence electrons. The molecular formula is C13H11N3O4. The van der Waals surface area contributed by atoms with Gasteiger partial charge >= 0.3 is 0 Å². The Hall–Kier alpha value is -2.83. The smallest absolute Gasteiger partial charge is 0.296 e. The van der Waals surface area contributed by atoms with Crippen molar-refractivity contribution in [3.63, 3.8) is 0 Å². The zero-order chi connectivity index (χ0) is 14.1. The molecule has 0 aliphatic carbocycles. The van der Waals surface area contributed by atoms with Gasteiger partial charge in [-0.25, -0.2) is 0 Å². The van der Waals surface area contributed by atoms with Gasteiger partial charge in [-0.2, -0.15) is 4.98 Å². The maximum Gasteiger partial charge on any atom is 0.296 e. The van der Waals surface area contributed by atoms with Crippen molar-refractivity contribution in [1.29, 1.82) is 0 Å². The number of rotatable bonds is 4. The van der Waals surface area contributed by atoms with Gasteiger partial charge in [0, 0.05) is 12.1 Å². The minimum absolute atomic E-state index is 0.0172. The van der Waals surface area contributed by atoms with E-state index in [0.717, 1.165) is 5.76 Å². The second-order valence-corrected chi connectivity index (χ2v) is 4.31. The summed E-state index contributed by atoms with van der Waals surface area (Å²) >= 11 is 0. The van der Waals surface area contributed by atoms with E-state index in [-0.39, 0.29) is 11.7 Å². The molecule has 3 rings (SSSR count). The number of nitrogens with zero attached hydrogens (tertiary/aromatic N) is 2. The lowest BCUT2D eigenvalue weighted by molar-refractivity contribution is -0.384. The van der Waals surface area contributed by atoms with Gasteiger partial charge in [-0.1, -0.05) is 0 Å². The van der Waals surface area contributed by atoms with Crippen LogP contribution in [0.15, 0.2) is 45.4 Å². The fraction of sp³-hybridized carbons (Fsp3) is 0.154. The molecule has 20 heavy (non-hydrogen) atoms. The molecule has 0 spiro atoms. The molecule has 0 fully saturated rings. The SMILES string of the molecule is CC(Nc1nc2cc([N+](=O)[O-])ccc2o1)c1ccco1. The van der Waals surface area contributed by atoms with Crippen LogP contribution in [0.3, 0.4) is 0 Å². The van der Waals surface area contributed by atoms with Crippen molar-refractivity contribution >= 4 is 22.8 Å². The maximum absolute atomic E-state index is 10.7. The second-order valence-electron chi connectivity index (χ2n) is 4.31. The number of oxazole rings is 1. The molecule has 1 atom stereocenters. The van der Waals surface area contributed by atoms with Crippen molar-refractivity contribution in [2.24, 2.45) is 0 Å². The molecule has 2 heterocycles. The molecule has 0 radical (unpaired) electrons. The third-order valence-corrected chi connectivity index (χ3v) is 2.89. The standard InChI is InChI=1S/C13H11N3O4/c1-8(11-3-2-6-19-11)14-13-15-10-7-9(16(17)18)4-5-12(10)20-13/h2-8H,1H3,(H,14,15). The molecule has 0 bridgehead atoms. The molecule has 1 N–H and O–H groups in total. The van der Waals surface area contributed by atoms with Crippen LogP contribution in [0.5, 0.6) is 0 Å². The first-order chi connectivity index (χ1) is 9.63. The first kappa shape index (κ1) is 12.2. The molecule has 7 nitrogen and oxygen atoms in total. The van der Waals surface area contributed by atoms with Gasteiger partial charge in [0.15, 0.2) is 5.58 Å². The zero-order valence-electron chi connectivity index (χ0n) is 10.6. The van der Waals surface area contributed by atoms with Crippen molar-refractivity contribution < 1.29 is 13.8 Å². The number of anilines is 1. The van der Waals surface area contributed by atoms with Gasteiger partial charge in [0.25, 0.3) is 11.7 Å². The highest BCUT2D eigenvalue weighted by Crippen LogP contribution is 2.26. The number of benzene rings is 1. The van der Waals surface area contributed by atoms with E-state index in [1.54, 1.807) is 12.3 Å². The summed E-state index contributed by atoms with van der Waals surface area (Å²) in [6, 6.07) is 8.10. The minimum atomic E-state index is -0.466. The minimum Gasteiger partial charge on any atom is -0.467 e. The molecule has 0 aliphatic rings. The Morgan fingerprint density at radius 1 is 1.40 bits per heavy atom. The molecule has 0 amide bonds. The second kappa shape index (κ2) is 4.69. The molecule has 1 aromatic carbocycles. The van der Waals surface area contributed by atoms with Gasteiger partial charge in [-0.05, 0) is 25.1 Å². The van der Waals surface area contributed by atoms with Gasteiger partial charge in [0.2, 0.25) is 0 Å². The van der Waals surface area contributed by atoms with Crippen molar-refractivity contribution in [2.75, 3.05) is 5.32 Å². The zero-order valence-corrected chi connectivity index (χ0v) is 10.6. The number of nitro benzene ring substituents is 1. The lowest BCUT2D eigenvalue weighted by Gasteiger charge is -2.07. The number of furan rings is 1. The highest BCUT2D eigenvalue weighted by molar-refractivity contribution is 5.77. The van der Waals surface area contributed by atoms with Crippen LogP contribution in [-0.2, 0) is 0 Å². The quantitative estimate of drug-likeness (QED) is 0.577. The number of nitro groups is 1. The van der Waals surface area contributed by atoms with Gasteiger partial charge in [-0.3, -0.25) is 10.1 Å². The maximum atomic E-state index is 10.7. The van der Waals surface area contributed by atoms with Crippen LogP contribution in [0.25, 0.3) is 11.1 Å². The number of aromatic nitrogens is 1. The van der Waals surface area contributed by atoms with Crippen LogP contribution in [0.2, 0.25) is 0 Å². The number of fused-ring (bicyclic) bond motifs is 1. The lowest BCUT2D eigenvalue weighted by atomic mass is 10.3. The van der Waals surface area contributed by atoms with Crippen molar-refractivity contribution in [3.05, 3.63) is 52.5 Å². The van der Waals surface area contributed by atoms with E-state index in [0.29, 0.717) is 17.1 Å². The Balaban J connectivity index is 1.87. The van der Waals surface area contributed by atoms with Crippen molar-refractivity contribution in [1.82, 2.24) is 4.98 Å².